The van der Waals surface area contributed by atoms with Crippen molar-refractivity contribution in [1.82, 2.24) is 10.6 Å². The molecule has 0 aliphatic rings. The first-order valence-corrected chi connectivity index (χ1v) is 7.56. The zero-order valence-corrected chi connectivity index (χ0v) is 11.8. The fraction of sp³-hybridized carbons (Fsp3) is 0.900. The molecule has 0 bridgehead atoms. The molecule has 0 unspecified atom stereocenters. The molecule has 0 atom stereocenters. The van der Waals surface area contributed by atoms with E-state index in [0.717, 1.165) is 25.6 Å². The number of carbonyl (C=O) groups is 1. The topological polar surface area (TPSA) is 59.6 Å². The van der Waals surface area contributed by atoms with Crippen LogP contribution in [0.15, 0.2) is 0 Å². The second-order valence-corrected chi connectivity index (χ2v) is 4.81. The molecule has 0 spiro atoms. The smallest absolute Gasteiger partial charge is 0.314 e. The highest BCUT2D eigenvalue weighted by atomic mass is 28.2. The largest absolute Gasteiger partial charge is 0.424 e. The first-order chi connectivity index (χ1) is 7.81. The number of hydrogen-bond acceptors (Lipinski definition) is 3. The van der Waals surface area contributed by atoms with E-state index in [-0.39, 0.29) is 15.8 Å². The van der Waals surface area contributed by atoms with E-state index in [2.05, 4.69) is 10.6 Å². The van der Waals surface area contributed by atoms with E-state index in [9.17, 15) is 4.79 Å². The fourth-order valence-electron chi connectivity index (χ4n) is 1.12. The van der Waals surface area contributed by atoms with Gasteiger partial charge in [0.05, 0.1) is 6.61 Å². The Balaban J connectivity index is 3.11. The number of rotatable bonds is 10. The van der Waals surface area contributed by atoms with Crippen molar-refractivity contribution < 1.29 is 14.0 Å². The van der Waals surface area contributed by atoms with E-state index in [1.807, 2.05) is 13.8 Å². The van der Waals surface area contributed by atoms with Crippen molar-refractivity contribution in [1.29, 1.82) is 0 Å². The highest BCUT2D eigenvalue weighted by Crippen LogP contribution is 1.87. The molecule has 0 rings (SSSR count). The molecule has 0 saturated carbocycles. The Morgan fingerprint density at radius 1 is 1.19 bits per heavy atom. The number of ether oxygens (including phenoxy) is 1. The van der Waals surface area contributed by atoms with E-state index >= 15 is 0 Å². The maximum atomic E-state index is 11.2. The Morgan fingerprint density at radius 3 is 2.62 bits per heavy atom. The van der Waals surface area contributed by atoms with E-state index in [0.29, 0.717) is 19.8 Å². The summed E-state index contributed by atoms with van der Waals surface area (Å²) in [5.74, 6) is 0. The van der Waals surface area contributed by atoms with Crippen LogP contribution in [0.1, 0.15) is 20.3 Å². The van der Waals surface area contributed by atoms with Crippen LogP contribution in [0.2, 0.25) is 6.04 Å². The summed E-state index contributed by atoms with van der Waals surface area (Å²) in [5, 5.41) is 5.52. The molecule has 0 radical (unpaired) electrons. The number of nitrogens with one attached hydrogen (secondary N) is 2. The molecule has 6 heteroatoms. The molecule has 2 N–H and O–H groups in total. The number of carbonyl (C=O) groups excluding carboxylic acids is 1. The zero-order chi connectivity index (χ0) is 12.1. The quantitative estimate of drug-likeness (QED) is 0.430. The number of amides is 2. The average molecular weight is 248 g/mol. The molecule has 0 aromatic carbocycles. The summed E-state index contributed by atoms with van der Waals surface area (Å²) in [6, 6.07) is 1.00. The van der Waals surface area contributed by atoms with Crippen LogP contribution in [0, 0.1) is 0 Å². The van der Waals surface area contributed by atoms with Gasteiger partial charge in [-0.25, -0.2) is 4.79 Å². The van der Waals surface area contributed by atoms with Crippen LogP contribution < -0.4 is 10.6 Å². The Kier molecular flexibility index (Phi) is 12.0. The van der Waals surface area contributed by atoms with Gasteiger partial charge in [0.15, 0.2) is 9.76 Å². The highest BCUT2D eigenvalue weighted by Gasteiger charge is 1.97. The molecule has 16 heavy (non-hydrogen) atoms. The van der Waals surface area contributed by atoms with Gasteiger partial charge >= 0.3 is 6.03 Å². The normalized spacial score (nSPS) is 10.9. The fourth-order valence-corrected chi connectivity index (χ4v) is 2.07. The Morgan fingerprint density at radius 2 is 1.94 bits per heavy atom. The Bertz CT molecular complexity index is 170. The van der Waals surface area contributed by atoms with E-state index in [1.165, 1.54) is 0 Å². The minimum Gasteiger partial charge on any atom is -0.424 e. The van der Waals surface area contributed by atoms with E-state index < -0.39 is 0 Å². The molecule has 0 fully saturated rings. The summed E-state index contributed by atoms with van der Waals surface area (Å²) >= 11 is 0. The van der Waals surface area contributed by atoms with Gasteiger partial charge in [-0.15, -0.1) is 0 Å². The van der Waals surface area contributed by atoms with Crippen molar-refractivity contribution in [2.75, 3.05) is 32.9 Å². The van der Waals surface area contributed by atoms with Crippen LogP contribution in [0.3, 0.4) is 0 Å². The summed E-state index contributed by atoms with van der Waals surface area (Å²) in [4.78, 5) is 11.2. The van der Waals surface area contributed by atoms with Gasteiger partial charge in [0.2, 0.25) is 0 Å². The van der Waals surface area contributed by atoms with Crippen molar-refractivity contribution in [2.45, 2.75) is 26.3 Å². The minimum absolute atomic E-state index is 0.113. The maximum absolute atomic E-state index is 11.2. The lowest BCUT2D eigenvalue weighted by molar-refractivity contribution is 0.149. The third-order valence-corrected chi connectivity index (χ3v) is 3.43. The third kappa shape index (κ3) is 11.5. The van der Waals surface area contributed by atoms with Gasteiger partial charge in [-0.3, -0.25) is 0 Å². The van der Waals surface area contributed by atoms with Crippen LogP contribution in [-0.2, 0) is 9.16 Å². The minimum atomic E-state index is -0.348. The number of urea groups is 1. The van der Waals surface area contributed by atoms with Gasteiger partial charge in [0, 0.05) is 26.3 Å². The highest BCUT2D eigenvalue weighted by molar-refractivity contribution is 6.26. The van der Waals surface area contributed by atoms with Crippen LogP contribution in [0.5, 0.6) is 0 Å². The molecule has 0 saturated heterocycles. The summed E-state index contributed by atoms with van der Waals surface area (Å²) in [6.07, 6.45) is 1.01. The molecule has 2 amide bonds. The summed E-state index contributed by atoms with van der Waals surface area (Å²) < 4.78 is 10.4. The molecule has 0 aliphatic heterocycles. The first kappa shape index (κ1) is 15.4. The standard InChI is InChI=1S/C10H24N2O3Si/c1-3-14-8-7-12-10(13)11-6-5-9-16-15-4-2/h3-9,16H2,1-2H3,(H2,11,12,13). The van der Waals surface area contributed by atoms with Gasteiger partial charge in [-0.05, 0) is 26.3 Å². The lowest BCUT2D eigenvalue weighted by Gasteiger charge is -2.07. The van der Waals surface area contributed by atoms with Gasteiger partial charge in [0.25, 0.3) is 0 Å². The molecule has 96 valence electrons. The molecular weight excluding hydrogens is 224 g/mol. The van der Waals surface area contributed by atoms with E-state index in [1.54, 1.807) is 0 Å². The molecule has 5 nitrogen and oxygen atoms in total. The van der Waals surface area contributed by atoms with Gasteiger partial charge in [-0.1, -0.05) is 0 Å². The molecule has 0 aromatic rings. The van der Waals surface area contributed by atoms with Crippen molar-refractivity contribution in [3.63, 3.8) is 0 Å². The molecular formula is C10H24N2O3Si. The second kappa shape index (κ2) is 12.5. The predicted molar refractivity (Wildman–Crippen MR) is 67.5 cm³/mol. The lowest BCUT2D eigenvalue weighted by atomic mass is 10.5. The van der Waals surface area contributed by atoms with Crippen LogP contribution in [0.4, 0.5) is 4.79 Å². The van der Waals surface area contributed by atoms with Crippen molar-refractivity contribution >= 4 is 15.8 Å². The maximum Gasteiger partial charge on any atom is 0.314 e. The average Bonchev–Trinajstić information content (AvgIpc) is 2.29. The lowest BCUT2D eigenvalue weighted by Crippen LogP contribution is -2.37. The van der Waals surface area contributed by atoms with Gasteiger partial charge in [-0.2, -0.15) is 0 Å². The van der Waals surface area contributed by atoms with Crippen molar-refractivity contribution in [3.8, 4) is 0 Å². The second-order valence-electron chi connectivity index (χ2n) is 3.28. The molecule has 0 heterocycles. The summed E-state index contributed by atoms with van der Waals surface area (Å²) in [6.45, 7) is 7.30. The first-order valence-electron chi connectivity index (χ1n) is 5.98. The Hall–Kier alpha value is -0.593. The van der Waals surface area contributed by atoms with Crippen molar-refractivity contribution in [3.05, 3.63) is 0 Å². The van der Waals surface area contributed by atoms with Gasteiger partial charge < -0.3 is 19.8 Å². The van der Waals surface area contributed by atoms with Crippen LogP contribution in [0.25, 0.3) is 0 Å². The van der Waals surface area contributed by atoms with Crippen LogP contribution >= 0.6 is 0 Å². The molecule has 0 aromatic heterocycles. The Labute approximate surface area is 100 Å². The monoisotopic (exact) mass is 248 g/mol. The third-order valence-electron chi connectivity index (χ3n) is 1.94. The van der Waals surface area contributed by atoms with Crippen molar-refractivity contribution in [2.24, 2.45) is 0 Å². The molecule has 0 aliphatic carbocycles. The van der Waals surface area contributed by atoms with Crippen LogP contribution in [-0.4, -0.2) is 48.7 Å². The summed E-state index contributed by atoms with van der Waals surface area (Å²) in [7, 11) is -0.348. The zero-order valence-electron chi connectivity index (χ0n) is 10.4. The van der Waals surface area contributed by atoms with E-state index in [4.69, 9.17) is 9.16 Å². The predicted octanol–water partition coefficient (Wildman–Crippen LogP) is 0.251. The van der Waals surface area contributed by atoms with Gasteiger partial charge in [0.1, 0.15) is 0 Å². The number of hydrogen-bond donors (Lipinski definition) is 2. The summed E-state index contributed by atoms with van der Waals surface area (Å²) in [5.41, 5.74) is 0. The SMILES string of the molecule is CCOCCNC(=O)NCCC[SiH2]OCC.